The normalized spacial score (nSPS) is 23.2. The van der Waals surface area contributed by atoms with E-state index in [1.807, 2.05) is 17.0 Å². The maximum Gasteiger partial charge on any atom is 0.257 e. The zero-order valence-corrected chi connectivity index (χ0v) is 12.9. The molecule has 2 aromatic heterocycles. The lowest BCUT2D eigenvalue weighted by Crippen LogP contribution is -2.53. The second kappa shape index (κ2) is 6.06. The molecule has 7 heteroatoms. The number of likely N-dealkylation sites (tertiary alicyclic amines) is 1. The molecule has 2 bridgehead atoms. The lowest BCUT2D eigenvalue weighted by molar-refractivity contribution is 0.0697. The van der Waals surface area contributed by atoms with Crippen LogP contribution in [0.4, 0.5) is 0 Å². The Kier molecular flexibility index (Phi) is 4.13. The summed E-state index contributed by atoms with van der Waals surface area (Å²) in [6.45, 7) is 1.56. The number of rotatable bonds is 2. The molecular formula is C15H18ClN5O. The highest BCUT2D eigenvalue weighted by Crippen LogP contribution is 2.22. The molecule has 2 fully saturated rings. The molecular weight excluding hydrogens is 302 g/mol. The summed E-state index contributed by atoms with van der Waals surface area (Å²) < 4.78 is 1.64. The van der Waals surface area contributed by atoms with Crippen LogP contribution in [0.2, 0.25) is 0 Å². The van der Waals surface area contributed by atoms with Gasteiger partial charge in [-0.25, -0.2) is 9.67 Å². The van der Waals surface area contributed by atoms with Crippen molar-refractivity contribution in [3.63, 3.8) is 0 Å². The molecule has 4 heterocycles. The molecule has 0 spiro atoms. The van der Waals surface area contributed by atoms with Crippen molar-refractivity contribution >= 4 is 18.3 Å². The van der Waals surface area contributed by atoms with Crippen molar-refractivity contribution in [2.24, 2.45) is 0 Å². The topological polar surface area (TPSA) is 63.1 Å². The van der Waals surface area contributed by atoms with Crippen LogP contribution < -0.4 is 5.32 Å². The van der Waals surface area contributed by atoms with Gasteiger partial charge in [0.1, 0.15) is 0 Å². The molecule has 6 nitrogen and oxygen atoms in total. The number of nitrogens with zero attached hydrogens (tertiary/aromatic N) is 4. The molecule has 0 saturated carbocycles. The first-order chi connectivity index (χ1) is 10.3. The van der Waals surface area contributed by atoms with E-state index in [0.717, 1.165) is 25.9 Å². The third-order valence-electron chi connectivity index (χ3n) is 4.24. The zero-order valence-electron chi connectivity index (χ0n) is 12.1. The van der Waals surface area contributed by atoms with Crippen molar-refractivity contribution in [3.05, 3.63) is 42.4 Å². The Labute approximate surface area is 134 Å². The SMILES string of the molecule is Cl.O=C(c1cccnc1-n1cccn1)N1CC2CCC(C1)N2. The number of fused-ring (bicyclic) bond motifs is 2. The molecule has 2 aliphatic heterocycles. The monoisotopic (exact) mass is 319 g/mol. The minimum Gasteiger partial charge on any atom is -0.335 e. The predicted molar refractivity (Wildman–Crippen MR) is 84.5 cm³/mol. The average molecular weight is 320 g/mol. The van der Waals surface area contributed by atoms with Crippen molar-refractivity contribution < 1.29 is 4.79 Å². The summed E-state index contributed by atoms with van der Waals surface area (Å²) in [6.07, 6.45) is 7.50. The van der Waals surface area contributed by atoms with Crippen molar-refractivity contribution in [2.75, 3.05) is 13.1 Å². The van der Waals surface area contributed by atoms with Crippen LogP contribution in [0.3, 0.4) is 0 Å². The number of aromatic nitrogens is 3. The summed E-state index contributed by atoms with van der Waals surface area (Å²) in [5, 5.41) is 7.73. The Bertz CT molecular complexity index is 648. The number of carbonyl (C=O) groups excluding carboxylic acids is 1. The fraction of sp³-hybridized carbons (Fsp3) is 0.400. The highest BCUT2D eigenvalue weighted by molar-refractivity contribution is 5.97. The Hall–Kier alpha value is -1.92. The van der Waals surface area contributed by atoms with Crippen LogP contribution in [-0.4, -0.2) is 50.7 Å². The van der Waals surface area contributed by atoms with Gasteiger partial charge in [-0.3, -0.25) is 4.79 Å². The predicted octanol–water partition coefficient (Wildman–Crippen LogP) is 1.27. The second-order valence-corrected chi connectivity index (χ2v) is 5.67. The van der Waals surface area contributed by atoms with Crippen molar-refractivity contribution in [1.82, 2.24) is 25.0 Å². The van der Waals surface area contributed by atoms with Crippen molar-refractivity contribution in [3.8, 4) is 5.82 Å². The fourth-order valence-electron chi connectivity index (χ4n) is 3.27. The van der Waals surface area contributed by atoms with E-state index in [9.17, 15) is 4.79 Å². The second-order valence-electron chi connectivity index (χ2n) is 5.67. The van der Waals surface area contributed by atoms with Crippen LogP contribution in [0.5, 0.6) is 0 Å². The van der Waals surface area contributed by atoms with Crippen LogP contribution in [0.15, 0.2) is 36.8 Å². The Morgan fingerprint density at radius 3 is 2.64 bits per heavy atom. The lowest BCUT2D eigenvalue weighted by atomic mass is 10.1. The Balaban J connectivity index is 0.00000144. The van der Waals surface area contributed by atoms with E-state index >= 15 is 0 Å². The highest BCUT2D eigenvalue weighted by atomic mass is 35.5. The number of halogens is 1. The minimum atomic E-state index is 0. The van der Waals surface area contributed by atoms with E-state index in [-0.39, 0.29) is 18.3 Å². The first kappa shape index (κ1) is 15.0. The van der Waals surface area contributed by atoms with Gasteiger partial charge in [-0.15, -0.1) is 12.4 Å². The van der Waals surface area contributed by atoms with E-state index in [1.165, 1.54) is 0 Å². The maximum absolute atomic E-state index is 12.9. The van der Waals surface area contributed by atoms with Gasteiger partial charge in [-0.05, 0) is 31.0 Å². The summed E-state index contributed by atoms with van der Waals surface area (Å²) in [7, 11) is 0. The molecule has 2 saturated heterocycles. The number of carbonyl (C=O) groups is 1. The first-order valence-corrected chi connectivity index (χ1v) is 7.31. The zero-order chi connectivity index (χ0) is 14.2. The van der Waals surface area contributed by atoms with E-state index in [4.69, 9.17) is 0 Å². The van der Waals surface area contributed by atoms with Gasteiger partial charge in [0.05, 0.1) is 5.56 Å². The summed E-state index contributed by atoms with van der Waals surface area (Å²) >= 11 is 0. The quantitative estimate of drug-likeness (QED) is 0.905. The molecule has 116 valence electrons. The van der Waals surface area contributed by atoms with Gasteiger partial charge in [0, 0.05) is 43.8 Å². The maximum atomic E-state index is 12.9. The molecule has 22 heavy (non-hydrogen) atoms. The van der Waals surface area contributed by atoms with E-state index in [1.54, 1.807) is 29.3 Å². The number of hydrogen-bond acceptors (Lipinski definition) is 4. The largest absolute Gasteiger partial charge is 0.335 e. The first-order valence-electron chi connectivity index (χ1n) is 7.31. The third kappa shape index (κ3) is 2.60. The number of hydrogen-bond donors (Lipinski definition) is 1. The summed E-state index contributed by atoms with van der Waals surface area (Å²) in [4.78, 5) is 19.1. The summed E-state index contributed by atoms with van der Waals surface area (Å²) in [5.74, 6) is 0.644. The summed E-state index contributed by atoms with van der Waals surface area (Å²) in [5.41, 5.74) is 0.613. The van der Waals surface area contributed by atoms with Gasteiger partial charge in [0.15, 0.2) is 5.82 Å². The third-order valence-corrected chi connectivity index (χ3v) is 4.24. The van der Waals surface area contributed by atoms with Gasteiger partial charge >= 0.3 is 0 Å². The van der Waals surface area contributed by atoms with E-state index in [0.29, 0.717) is 23.5 Å². The molecule has 1 N–H and O–H groups in total. The van der Waals surface area contributed by atoms with Crippen LogP contribution >= 0.6 is 12.4 Å². The molecule has 2 aromatic rings. The van der Waals surface area contributed by atoms with Gasteiger partial charge in [-0.1, -0.05) is 0 Å². The van der Waals surface area contributed by atoms with Gasteiger partial charge in [0.25, 0.3) is 5.91 Å². The molecule has 0 aliphatic carbocycles. The number of pyridine rings is 1. The van der Waals surface area contributed by atoms with Crippen LogP contribution in [-0.2, 0) is 0 Å². The number of nitrogens with one attached hydrogen (secondary N) is 1. The molecule has 0 radical (unpaired) electrons. The van der Waals surface area contributed by atoms with Crippen LogP contribution in [0, 0.1) is 0 Å². The van der Waals surface area contributed by atoms with E-state index in [2.05, 4.69) is 15.4 Å². The lowest BCUT2D eigenvalue weighted by Gasteiger charge is -2.33. The molecule has 2 aliphatic rings. The molecule has 4 rings (SSSR count). The van der Waals surface area contributed by atoms with Gasteiger partial charge in [0.2, 0.25) is 0 Å². The number of amides is 1. The summed E-state index contributed by atoms with van der Waals surface area (Å²) in [6, 6.07) is 6.34. The minimum absolute atomic E-state index is 0. The fourth-order valence-corrected chi connectivity index (χ4v) is 3.27. The van der Waals surface area contributed by atoms with Gasteiger partial charge in [-0.2, -0.15) is 5.10 Å². The van der Waals surface area contributed by atoms with Crippen LogP contribution in [0.25, 0.3) is 5.82 Å². The molecule has 2 unspecified atom stereocenters. The van der Waals surface area contributed by atoms with Crippen molar-refractivity contribution in [1.29, 1.82) is 0 Å². The van der Waals surface area contributed by atoms with Crippen LogP contribution in [0.1, 0.15) is 23.2 Å². The highest BCUT2D eigenvalue weighted by Gasteiger charge is 2.35. The van der Waals surface area contributed by atoms with Crippen molar-refractivity contribution in [2.45, 2.75) is 24.9 Å². The Morgan fingerprint density at radius 1 is 1.18 bits per heavy atom. The molecule has 0 aromatic carbocycles. The standard InChI is InChI=1S/C15H17N5O.ClH/c21-15(19-9-11-4-5-12(10-19)18-11)13-3-1-6-16-14(13)20-8-2-7-17-20;/h1-3,6-8,11-12,18H,4-5,9-10H2;1H. The number of piperazine rings is 1. The molecule has 1 amide bonds. The smallest absolute Gasteiger partial charge is 0.257 e. The molecule has 2 atom stereocenters. The average Bonchev–Trinajstić information content (AvgIpc) is 3.16. The van der Waals surface area contributed by atoms with Gasteiger partial charge < -0.3 is 10.2 Å². The Morgan fingerprint density at radius 2 is 1.95 bits per heavy atom. The van der Waals surface area contributed by atoms with E-state index < -0.39 is 0 Å².